The van der Waals surface area contributed by atoms with Gasteiger partial charge in [-0.3, -0.25) is 4.90 Å². The molecule has 144 valence electrons. The Morgan fingerprint density at radius 3 is 2.89 bits per heavy atom. The Morgan fingerprint density at radius 2 is 2.26 bits per heavy atom. The summed E-state index contributed by atoms with van der Waals surface area (Å²) in [4.78, 5) is 35.2. The number of nitrogens with one attached hydrogen (secondary N) is 2. The Kier molecular flexibility index (Phi) is 5.63. The van der Waals surface area contributed by atoms with Crippen LogP contribution in [0.25, 0.3) is 0 Å². The van der Waals surface area contributed by atoms with Crippen molar-refractivity contribution in [3.8, 4) is 0 Å². The summed E-state index contributed by atoms with van der Waals surface area (Å²) < 4.78 is 5.02. The molecule has 3 amide bonds. The number of hydrogen-bond donors (Lipinski definition) is 2. The van der Waals surface area contributed by atoms with Gasteiger partial charge in [0.2, 0.25) is 0 Å². The zero-order valence-electron chi connectivity index (χ0n) is 15.9. The van der Waals surface area contributed by atoms with E-state index in [2.05, 4.69) is 29.1 Å². The number of nitrogens with zero attached hydrogens (tertiary/aromatic N) is 3. The van der Waals surface area contributed by atoms with Crippen molar-refractivity contribution < 1.29 is 14.3 Å². The normalized spacial score (nSPS) is 13.8. The van der Waals surface area contributed by atoms with Crippen LogP contribution >= 0.6 is 0 Å². The summed E-state index contributed by atoms with van der Waals surface area (Å²) in [6.45, 7) is 7.93. The minimum atomic E-state index is -0.360. The first kappa shape index (κ1) is 18.8. The van der Waals surface area contributed by atoms with Crippen LogP contribution in [0, 0.1) is 12.8 Å². The molecule has 2 N–H and O–H groups in total. The van der Waals surface area contributed by atoms with Crippen LogP contribution in [0.2, 0.25) is 0 Å². The third-order valence-electron chi connectivity index (χ3n) is 4.28. The predicted octanol–water partition coefficient (Wildman–Crippen LogP) is 3.36. The number of carbonyl (C=O) groups is 2. The molecule has 8 nitrogen and oxygen atoms in total. The first-order valence-corrected chi connectivity index (χ1v) is 9.03. The van der Waals surface area contributed by atoms with Crippen molar-refractivity contribution in [1.29, 1.82) is 0 Å². The molecular weight excluding hydrogens is 346 g/mol. The molecule has 2 heterocycles. The molecule has 1 aromatic carbocycles. The highest BCUT2D eigenvalue weighted by Gasteiger charge is 2.25. The van der Waals surface area contributed by atoms with Gasteiger partial charge in [0.05, 0.1) is 18.8 Å². The number of anilines is 2. The molecule has 8 heteroatoms. The van der Waals surface area contributed by atoms with Crippen LogP contribution in [0.5, 0.6) is 0 Å². The van der Waals surface area contributed by atoms with E-state index >= 15 is 0 Å². The summed E-state index contributed by atoms with van der Waals surface area (Å²) in [5, 5.41) is 2.93. The molecule has 1 saturated heterocycles. The molecule has 0 atom stereocenters. The lowest BCUT2D eigenvalue weighted by molar-refractivity contribution is 0.181. The fraction of sp³-hybridized carbons (Fsp3) is 0.421. The minimum Gasteiger partial charge on any atom is -0.447 e. The molecule has 27 heavy (non-hydrogen) atoms. The molecule has 2 aromatic rings. The number of rotatable bonds is 6. The van der Waals surface area contributed by atoms with Crippen molar-refractivity contribution in [1.82, 2.24) is 14.9 Å². The van der Waals surface area contributed by atoms with Crippen molar-refractivity contribution in [3.63, 3.8) is 0 Å². The molecule has 0 spiro atoms. The monoisotopic (exact) mass is 371 g/mol. The standard InChI is InChI=1S/C19H25N5O3/c1-13(2)11-23(12-17-20-6-7-21-17)18(25)22-15-5-4-14(3)16(10-15)24-8-9-27-19(24)26/h4-7,10,13H,8-9,11-12H2,1-3H3,(H,20,21)(H,22,25). The maximum atomic E-state index is 12.8. The molecule has 1 fully saturated rings. The number of carbonyl (C=O) groups excluding carboxylic acids is 2. The number of imidazole rings is 1. The minimum absolute atomic E-state index is 0.209. The van der Waals surface area contributed by atoms with Gasteiger partial charge in [-0.2, -0.15) is 0 Å². The average molecular weight is 371 g/mol. The Balaban J connectivity index is 1.75. The first-order chi connectivity index (χ1) is 12.9. The number of H-pyrrole nitrogens is 1. The summed E-state index contributed by atoms with van der Waals surface area (Å²) >= 11 is 0. The highest BCUT2D eigenvalue weighted by molar-refractivity contribution is 5.93. The van der Waals surface area contributed by atoms with Crippen LogP contribution in [0.1, 0.15) is 25.2 Å². The van der Waals surface area contributed by atoms with Crippen molar-refractivity contribution in [2.75, 3.05) is 29.9 Å². The van der Waals surface area contributed by atoms with Gasteiger partial charge in [0.25, 0.3) is 0 Å². The lowest BCUT2D eigenvalue weighted by atomic mass is 10.1. The van der Waals surface area contributed by atoms with Gasteiger partial charge in [0, 0.05) is 24.6 Å². The van der Waals surface area contributed by atoms with E-state index in [1.165, 1.54) is 0 Å². The fourth-order valence-electron chi connectivity index (χ4n) is 3.02. The van der Waals surface area contributed by atoms with Crippen LogP contribution in [0.15, 0.2) is 30.6 Å². The van der Waals surface area contributed by atoms with E-state index in [0.29, 0.717) is 37.8 Å². The largest absolute Gasteiger partial charge is 0.447 e. The van der Waals surface area contributed by atoms with E-state index in [4.69, 9.17) is 4.74 Å². The number of ether oxygens (including phenoxy) is 1. The Hall–Kier alpha value is -3.03. The summed E-state index contributed by atoms with van der Waals surface area (Å²) in [5.74, 6) is 1.05. The topological polar surface area (TPSA) is 90.6 Å². The lowest BCUT2D eigenvalue weighted by Gasteiger charge is -2.24. The molecule has 1 aromatic heterocycles. The Labute approximate surface area is 158 Å². The van der Waals surface area contributed by atoms with Gasteiger partial charge in [-0.25, -0.2) is 14.6 Å². The number of hydrogen-bond acceptors (Lipinski definition) is 4. The van der Waals surface area contributed by atoms with Gasteiger partial charge in [0.15, 0.2) is 0 Å². The van der Waals surface area contributed by atoms with Crippen LogP contribution in [-0.2, 0) is 11.3 Å². The summed E-state index contributed by atoms with van der Waals surface area (Å²) in [6.07, 6.45) is 3.05. The molecule has 0 aliphatic carbocycles. The number of amides is 3. The highest BCUT2D eigenvalue weighted by atomic mass is 16.6. The summed E-state index contributed by atoms with van der Waals surface area (Å²) in [7, 11) is 0. The second-order valence-electron chi connectivity index (χ2n) is 7.01. The maximum absolute atomic E-state index is 12.8. The van der Waals surface area contributed by atoms with E-state index in [9.17, 15) is 9.59 Å². The Morgan fingerprint density at radius 1 is 1.44 bits per heavy atom. The van der Waals surface area contributed by atoms with Crippen LogP contribution in [0.3, 0.4) is 0 Å². The van der Waals surface area contributed by atoms with Crippen LogP contribution < -0.4 is 10.2 Å². The number of aromatic amines is 1. The van der Waals surface area contributed by atoms with Crippen molar-refractivity contribution in [2.45, 2.75) is 27.3 Å². The van der Waals surface area contributed by atoms with Gasteiger partial charge in [-0.05, 0) is 30.5 Å². The second-order valence-corrected chi connectivity index (χ2v) is 7.01. The van der Waals surface area contributed by atoms with E-state index in [1.54, 1.807) is 28.3 Å². The second kappa shape index (κ2) is 8.11. The molecule has 0 unspecified atom stereocenters. The molecular formula is C19H25N5O3. The SMILES string of the molecule is Cc1ccc(NC(=O)N(Cc2ncc[nH]2)CC(C)C)cc1N1CCOC1=O. The first-order valence-electron chi connectivity index (χ1n) is 9.03. The number of urea groups is 1. The van der Waals surface area contributed by atoms with E-state index in [0.717, 1.165) is 17.1 Å². The van der Waals surface area contributed by atoms with Gasteiger partial charge >= 0.3 is 12.1 Å². The van der Waals surface area contributed by atoms with Gasteiger partial charge in [0.1, 0.15) is 12.4 Å². The van der Waals surface area contributed by atoms with E-state index in [1.807, 2.05) is 19.1 Å². The van der Waals surface area contributed by atoms with Crippen LogP contribution in [0.4, 0.5) is 21.0 Å². The molecule has 0 radical (unpaired) electrons. The highest BCUT2D eigenvalue weighted by Crippen LogP contribution is 2.27. The van der Waals surface area contributed by atoms with E-state index in [-0.39, 0.29) is 12.1 Å². The van der Waals surface area contributed by atoms with Gasteiger partial charge < -0.3 is 19.9 Å². The maximum Gasteiger partial charge on any atom is 0.414 e. The van der Waals surface area contributed by atoms with E-state index < -0.39 is 0 Å². The molecule has 3 rings (SSSR count). The third kappa shape index (κ3) is 4.58. The number of benzene rings is 1. The lowest BCUT2D eigenvalue weighted by Crippen LogP contribution is -2.37. The van der Waals surface area contributed by atoms with Crippen LogP contribution in [-0.4, -0.2) is 46.7 Å². The molecule has 1 aliphatic rings. The zero-order valence-corrected chi connectivity index (χ0v) is 15.9. The number of aromatic nitrogens is 2. The summed E-state index contributed by atoms with van der Waals surface area (Å²) in [5.41, 5.74) is 2.33. The summed E-state index contributed by atoms with van der Waals surface area (Å²) in [6, 6.07) is 5.31. The van der Waals surface area contributed by atoms with Gasteiger partial charge in [-0.1, -0.05) is 19.9 Å². The fourth-order valence-corrected chi connectivity index (χ4v) is 3.02. The smallest absolute Gasteiger partial charge is 0.414 e. The van der Waals surface area contributed by atoms with Crippen molar-refractivity contribution in [2.24, 2.45) is 5.92 Å². The Bertz CT molecular complexity index is 804. The molecule has 1 aliphatic heterocycles. The molecule has 0 saturated carbocycles. The number of cyclic esters (lactones) is 1. The third-order valence-corrected chi connectivity index (χ3v) is 4.28. The molecule has 0 bridgehead atoms. The average Bonchev–Trinajstić information content (AvgIpc) is 3.27. The van der Waals surface area contributed by atoms with Crippen molar-refractivity contribution in [3.05, 3.63) is 42.0 Å². The van der Waals surface area contributed by atoms with Crippen molar-refractivity contribution >= 4 is 23.5 Å². The zero-order chi connectivity index (χ0) is 19.4. The van der Waals surface area contributed by atoms with Gasteiger partial charge in [-0.15, -0.1) is 0 Å². The predicted molar refractivity (Wildman–Crippen MR) is 103 cm³/mol. The quantitative estimate of drug-likeness (QED) is 0.815. The number of aryl methyl sites for hydroxylation is 1.